The van der Waals surface area contributed by atoms with Crippen LogP contribution in [0.1, 0.15) is 23.2 Å². The number of amides is 1. The maximum Gasteiger partial charge on any atom is 0.337 e. The van der Waals surface area contributed by atoms with Crippen molar-refractivity contribution in [3.63, 3.8) is 0 Å². The average Bonchev–Trinajstić information content (AvgIpc) is 3.13. The van der Waals surface area contributed by atoms with E-state index in [1.54, 1.807) is 60.1 Å². The fraction of sp³-hybridized carbons (Fsp3) is 0.318. The molecule has 0 radical (unpaired) electrons. The Morgan fingerprint density at radius 2 is 1.91 bits per heavy atom. The number of carbonyl (C=O) groups is 2. The molecule has 1 amide bonds. The number of aromatic nitrogens is 1. The molecule has 1 fully saturated rings. The van der Waals surface area contributed by atoms with Gasteiger partial charge >= 0.3 is 5.97 Å². The van der Waals surface area contributed by atoms with E-state index in [0.717, 1.165) is 10.2 Å². The van der Waals surface area contributed by atoms with Gasteiger partial charge in [-0.25, -0.2) is 13.2 Å². The van der Waals surface area contributed by atoms with Crippen molar-refractivity contribution in [2.24, 2.45) is 18.0 Å². The molecule has 3 aromatic rings. The number of methoxy groups -OCH3 is 1. The largest absolute Gasteiger partial charge is 0.465 e. The van der Waals surface area contributed by atoms with Crippen LogP contribution < -0.4 is 4.80 Å². The first-order chi connectivity index (χ1) is 15.3. The van der Waals surface area contributed by atoms with Crippen molar-refractivity contribution >= 4 is 43.5 Å². The molecule has 1 aliphatic heterocycles. The van der Waals surface area contributed by atoms with Crippen molar-refractivity contribution in [3.05, 3.63) is 58.9 Å². The van der Waals surface area contributed by atoms with Gasteiger partial charge in [0.2, 0.25) is 10.0 Å². The molecule has 0 spiro atoms. The first-order valence-electron chi connectivity index (χ1n) is 10.1. The second-order valence-corrected chi connectivity index (χ2v) is 10.5. The molecule has 1 unspecified atom stereocenters. The number of piperidine rings is 1. The third-order valence-corrected chi connectivity index (χ3v) is 8.52. The van der Waals surface area contributed by atoms with Crippen LogP contribution in [0.2, 0.25) is 0 Å². The summed E-state index contributed by atoms with van der Waals surface area (Å²) in [5, 5.41) is 0. The predicted molar refractivity (Wildman–Crippen MR) is 121 cm³/mol. The minimum absolute atomic E-state index is 0.112. The molecule has 2 aromatic carbocycles. The average molecular weight is 474 g/mol. The smallest absolute Gasteiger partial charge is 0.337 e. The lowest BCUT2D eigenvalue weighted by Crippen LogP contribution is -2.42. The summed E-state index contributed by atoms with van der Waals surface area (Å²) >= 11 is 1.30. The number of ether oxygens (including phenoxy) is 1. The van der Waals surface area contributed by atoms with E-state index in [4.69, 9.17) is 4.74 Å². The highest BCUT2D eigenvalue weighted by Crippen LogP contribution is 2.25. The standard InChI is InChI=1S/C22H23N3O5S2/c1-24-18-11-10-15(21(27)30-2)13-19(18)31-22(24)23-20(26)16-7-6-12-25(14-16)32(28,29)17-8-4-3-5-9-17/h3-5,8-11,13,16H,6-7,12,14H2,1-2H3. The lowest BCUT2D eigenvalue weighted by atomic mass is 9.99. The van der Waals surface area contributed by atoms with Crippen LogP contribution in [0.4, 0.5) is 0 Å². The Kier molecular flexibility index (Phi) is 6.27. The molecule has 32 heavy (non-hydrogen) atoms. The summed E-state index contributed by atoms with van der Waals surface area (Å²) in [5.41, 5.74) is 1.26. The number of esters is 1. The van der Waals surface area contributed by atoms with Crippen molar-refractivity contribution < 1.29 is 22.7 Å². The second-order valence-electron chi connectivity index (χ2n) is 7.58. The zero-order valence-electron chi connectivity index (χ0n) is 17.7. The molecular weight excluding hydrogens is 450 g/mol. The number of aryl methyl sites for hydroxylation is 1. The van der Waals surface area contributed by atoms with Crippen LogP contribution in [0.15, 0.2) is 58.4 Å². The maximum absolute atomic E-state index is 13.0. The van der Waals surface area contributed by atoms with Crippen molar-refractivity contribution in [3.8, 4) is 0 Å². The van der Waals surface area contributed by atoms with Crippen LogP contribution in [0.3, 0.4) is 0 Å². The number of thiazole rings is 1. The molecule has 0 saturated carbocycles. The van der Waals surface area contributed by atoms with Gasteiger partial charge in [0.25, 0.3) is 5.91 Å². The van der Waals surface area contributed by atoms with E-state index in [0.29, 0.717) is 29.8 Å². The van der Waals surface area contributed by atoms with Crippen LogP contribution in [0.25, 0.3) is 10.2 Å². The summed E-state index contributed by atoms with van der Waals surface area (Å²) in [6.45, 7) is 0.495. The van der Waals surface area contributed by atoms with Gasteiger partial charge in [-0.15, -0.1) is 0 Å². The highest BCUT2D eigenvalue weighted by Gasteiger charge is 2.33. The number of rotatable bonds is 4. The number of benzene rings is 2. The lowest BCUT2D eigenvalue weighted by Gasteiger charge is -2.30. The van der Waals surface area contributed by atoms with E-state index >= 15 is 0 Å². The fourth-order valence-electron chi connectivity index (χ4n) is 3.77. The molecule has 2 heterocycles. The number of hydrogen-bond acceptors (Lipinski definition) is 6. The van der Waals surface area contributed by atoms with Gasteiger partial charge in [0.1, 0.15) is 0 Å². The van der Waals surface area contributed by atoms with E-state index in [-0.39, 0.29) is 17.3 Å². The predicted octanol–water partition coefficient (Wildman–Crippen LogP) is 2.55. The molecule has 1 aliphatic rings. The van der Waals surface area contributed by atoms with Crippen molar-refractivity contribution in [1.29, 1.82) is 0 Å². The Labute approximate surface area is 189 Å². The number of hydrogen-bond donors (Lipinski definition) is 0. The summed E-state index contributed by atoms with van der Waals surface area (Å²) in [6, 6.07) is 13.4. The number of nitrogens with zero attached hydrogens (tertiary/aromatic N) is 3. The van der Waals surface area contributed by atoms with Crippen LogP contribution >= 0.6 is 11.3 Å². The highest BCUT2D eigenvalue weighted by atomic mass is 32.2. The molecule has 8 nitrogen and oxygen atoms in total. The molecule has 0 aliphatic carbocycles. The summed E-state index contributed by atoms with van der Waals surface area (Å²) < 4.78 is 34.6. The zero-order chi connectivity index (χ0) is 22.9. The van der Waals surface area contributed by atoms with E-state index < -0.39 is 21.9 Å². The van der Waals surface area contributed by atoms with Crippen molar-refractivity contribution in [2.75, 3.05) is 20.2 Å². The second kappa shape index (κ2) is 8.97. The van der Waals surface area contributed by atoms with Crippen molar-refractivity contribution in [1.82, 2.24) is 8.87 Å². The van der Waals surface area contributed by atoms with Crippen LogP contribution in [0.5, 0.6) is 0 Å². The van der Waals surface area contributed by atoms with E-state index in [1.165, 1.54) is 22.8 Å². The van der Waals surface area contributed by atoms with E-state index in [1.807, 2.05) is 0 Å². The van der Waals surface area contributed by atoms with Gasteiger partial charge in [0.15, 0.2) is 4.80 Å². The summed E-state index contributed by atoms with van der Waals surface area (Å²) in [6.07, 6.45) is 1.18. The molecule has 168 valence electrons. The summed E-state index contributed by atoms with van der Waals surface area (Å²) in [5.74, 6) is -1.27. The van der Waals surface area contributed by atoms with Gasteiger partial charge in [-0.3, -0.25) is 4.79 Å². The van der Waals surface area contributed by atoms with Gasteiger partial charge in [-0.05, 0) is 43.2 Å². The molecular formula is C22H23N3O5S2. The normalized spacial score (nSPS) is 18.1. The first kappa shape index (κ1) is 22.4. The monoisotopic (exact) mass is 473 g/mol. The van der Waals surface area contributed by atoms with Gasteiger partial charge in [0, 0.05) is 20.1 Å². The highest BCUT2D eigenvalue weighted by molar-refractivity contribution is 7.89. The summed E-state index contributed by atoms with van der Waals surface area (Å²) in [4.78, 5) is 29.8. The molecule has 1 atom stereocenters. The Bertz CT molecular complexity index is 1340. The third kappa shape index (κ3) is 4.25. The molecule has 4 rings (SSSR count). The first-order valence-corrected chi connectivity index (χ1v) is 12.4. The molecule has 10 heteroatoms. The summed E-state index contributed by atoms with van der Waals surface area (Å²) in [7, 11) is -0.526. The van der Waals surface area contributed by atoms with Crippen LogP contribution in [0, 0.1) is 5.92 Å². The zero-order valence-corrected chi connectivity index (χ0v) is 19.4. The van der Waals surface area contributed by atoms with Crippen LogP contribution in [-0.2, 0) is 26.6 Å². The Morgan fingerprint density at radius 3 is 2.62 bits per heavy atom. The topological polar surface area (TPSA) is 98.0 Å². The minimum atomic E-state index is -3.65. The van der Waals surface area contributed by atoms with Gasteiger partial charge < -0.3 is 9.30 Å². The van der Waals surface area contributed by atoms with Gasteiger partial charge in [0.05, 0.1) is 33.7 Å². The van der Waals surface area contributed by atoms with Gasteiger partial charge in [-0.2, -0.15) is 9.30 Å². The quantitative estimate of drug-likeness (QED) is 0.543. The van der Waals surface area contributed by atoms with Gasteiger partial charge in [-0.1, -0.05) is 29.5 Å². The Hall–Kier alpha value is -2.82. The number of sulfonamides is 1. The molecule has 0 N–H and O–H groups in total. The molecule has 1 saturated heterocycles. The van der Waals surface area contributed by atoms with Crippen LogP contribution in [-0.4, -0.2) is 49.4 Å². The Balaban J connectivity index is 1.60. The maximum atomic E-state index is 13.0. The Morgan fingerprint density at radius 1 is 1.16 bits per heavy atom. The third-order valence-electron chi connectivity index (χ3n) is 5.55. The fourth-order valence-corrected chi connectivity index (χ4v) is 6.38. The number of fused-ring (bicyclic) bond motifs is 1. The SMILES string of the molecule is COC(=O)c1ccc2c(c1)sc(=NC(=O)C1CCCN(S(=O)(=O)c3ccccc3)C1)n2C. The molecule has 0 bridgehead atoms. The van der Waals surface area contributed by atoms with E-state index in [9.17, 15) is 18.0 Å². The van der Waals surface area contributed by atoms with Crippen molar-refractivity contribution in [2.45, 2.75) is 17.7 Å². The number of carbonyl (C=O) groups excluding carboxylic acids is 2. The van der Waals surface area contributed by atoms with E-state index in [2.05, 4.69) is 4.99 Å². The molecule has 1 aromatic heterocycles. The minimum Gasteiger partial charge on any atom is -0.465 e. The lowest BCUT2D eigenvalue weighted by molar-refractivity contribution is -0.122.